The van der Waals surface area contributed by atoms with Crippen LogP contribution in [0.25, 0.3) is 88.0 Å². The van der Waals surface area contributed by atoms with Gasteiger partial charge in [-0.3, -0.25) is 0 Å². The second-order valence-electron chi connectivity index (χ2n) is 15.4. The van der Waals surface area contributed by atoms with Crippen molar-refractivity contribution in [1.82, 2.24) is 0 Å². The van der Waals surface area contributed by atoms with Gasteiger partial charge in [-0.15, -0.1) is 0 Å². The minimum atomic E-state index is 0.921. The first-order valence-electron chi connectivity index (χ1n) is 20.2. The van der Waals surface area contributed by atoms with Crippen LogP contribution in [0.3, 0.4) is 0 Å². The lowest BCUT2D eigenvalue weighted by Gasteiger charge is -2.28. The molecule has 0 radical (unpaired) electrons. The molecule has 10 aromatic carbocycles. The third-order valence-corrected chi connectivity index (χ3v) is 11.8. The van der Waals surface area contributed by atoms with Gasteiger partial charge >= 0.3 is 0 Å². The molecule has 2 heteroatoms. The van der Waals surface area contributed by atoms with Crippen LogP contribution in [-0.4, -0.2) is 0 Å². The topological polar surface area (TPSA) is 16.4 Å². The molecule has 11 rings (SSSR count). The summed E-state index contributed by atoms with van der Waals surface area (Å²) in [5.41, 5.74) is 13.6. The number of benzene rings is 10. The maximum Gasteiger partial charge on any atom is 0.138 e. The van der Waals surface area contributed by atoms with E-state index in [4.69, 9.17) is 4.42 Å². The number of para-hydroxylation sites is 1. The van der Waals surface area contributed by atoms with E-state index in [9.17, 15) is 0 Å². The predicted octanol–water partition coefficient (Wildman–Crippen LogP) is 16.3. The molecule has 0 saturated heterocycles. The Balaban J connectivity index is 0.948. The van der Waals surface area contributed by atoms with E-state index in [1.165, 1.54) is 65.7 Å². The van der Waals surface area contributed by atoms with Gasteiger partial charge in [-0.1, -0.05) is 170 Å². The number of nitrogens with zero attached hydrogens (tertiary/aromatic N) is 1. The van der Waals surface area contributed by atoms with Crippen LogP contribution in [0.1, 0.15) is 5.56 Å². The van der Waals surface area contributed by atoms with Crippen molar-refractivity contribution in [3.63, 3.8) is 0 Å². The Hall–Kier alpha value is -7.68. The molecular weight excluding hydrogens is 715 g/mol. The molecule has 0 N–H and O–H groups in total. The van der Waals surface area contributed by atoms with Gasteiger partial charge in [0.05, 0.1) is 5.69 Å². The van der Waals surface area contributed by atoms with Crippen LogP contribution in [0.15, 0.2) is 223 Å². The minimum absolute atomic E-state index is 0.921. The lowest BCUT2D eigenvalue weighted by Crippen LogP contribution is -2.10. The van der Waals surface area contributed by atoms with E-state index in [0.29, 0.717) is 0 Å². The van der Waals surface area contributed by atoms with Crippen LogP contribution in [-0.2, 0) is 0 Å². The van der Waals surface area contributed by atoms with E-state index in [1.54, 1.807) is 0 Å². The molecule has 0 unspecified atom stereocenters. The highest BCUT2D eigenvalue weighted by Gasteiger charge is 2.18. The van der Waals surface area contributed by atoms with Gasteiger partial charge in [-0.05, 0) is 116 Å². The normalized spacial score (nSPS) is 11.5. The van der Waals surface area contributed by atoms with Crippen molar-refractivity contribution in [2.45, 2.75) is 6.92 Å². The predicted molar refractivity (Wildman–Crippen MR) is 250 cm³/mol. The summed E-state index contributed by atoms with van der Waals surface area (Å²) >= 11 is 0. The van der Waals surface area contributed by atoms with Crippen molar-refractivity contribution in [3.05, 3.63) is 224 Å². The highest BCUT2D eigenvalue weighted by Crippen LogP contribution is 2.43. The molecule has 0 spiro atoms. The molecule has 0 bridgehead atoms. The van der Waals surface area contributed by atoms with Crippen molar-refractivity contribution >= 4 is 60.3 Å². The number of aryl methyl sites for hydroxylation is 1. The maximum atomic E-state index is 6.31. The van der Waals surface area contributed by atoms with E-state index in [1.807, 2.05) is 12.1 Å². The maximum absolute atomic E-state index is 6.31. The third kappa shape index (κ3) is 6.23. The number of hydrogen-bond donors (Lipinski definition) is 0. The number of fused-ring (bicyclic) bond motifs is 5. The van der Waals surface area contributed by atoms with Gasteiger partial charge in [0.1, 0.15) is 11.3 Å². The number of furan rings is 1. The van der Waals surface area contributed by atoms with Crippen molar-refractivity contribution in [2.75, 3.05) is 4.90 Å². The Morgan fingerprint density at radius 1 is 0.322 bits per heavy atom. The molecule has 0 aliphatic carbocycles. The monoisotopic (exact) mass is 753 g/mol. The smallest absolute Gasteiger partial charge is 0.138 e. The van der Waals surface area contributed by atoms with Crippen LogP contribution < -0.4 is 4.90 Å². The zero-order valence-corrected chi connectivity index (χ0v) is 32.6. The van der Waals surface area contributed by atoms with Crippen molar-refractivity contribution in [3.8, 4) is 44.7 Å². The first kappa shape index (κ1) is 34.6. The van der Waals surface area contributed by atoms with Crippen LogP contribution >= 0.6 is 0 Å². The molecule has 0 atom stereocenters. The largest absolute Gasteiger partial charge is 0.456 e. The SMILES string of the molecule is Cc1c(-c2cccc(-c3ccc(-c4ccc(N(c5ccc(-c6ccc7ccccc7c6)cc5)c5cc6ccccc6c6ccccc56)cc4)cc3)c2)oc2ccccc12. The fraction of sp³-hybridized carbons (Fsp3) is 0.0175. The molecule has 0 aliphatic rings. The zero-order chi connectivity index (χ0) is 39.3. The second kappa shape index (κ2) is 14.4. The molecule has 0 saturated carbocycles. The minimum Gasteiger partial charge on any atom is -0.456 e. The zero-order valence-electron chi connectivity index (χ0n) is 32.6. The molecule has 278 valence electrons. The molecular formula is C57H39NO. The quantitative estimate of drug-likeness (QED) is 0.151. The van der Waals surface area contributed by atoms with Crippen molar-refractivity contribution in [1.29, 1.82) is 0 Å². The molecule has 2 nitrogen and oxygen atoms in total. The number of rotatable bonds is 7. The summed E-state index contributed by atoms with van der Waals surface area (Å²) in [4.78, 5) is 2.41. The first-order valence-corrected chi connectivity index (χ1v) is 20.2. The van der Waals surface area contributed by atoms with Crippen molar-refractivity contribution < 1.29 is 4.42 Å². The van der Waals surface area contributed by atoms with Crippen molar-refractivity contribution in [2.24, 2.45) is 0 Å². The molecule has 0 amide bonds. The van der Waals surface area contributed by atoms with Gasteiger partial charge in [0.2, 0.25) is 0 Å². The molecule has 1 heterocycles. The first-order chi connectivity index (χ1) is 29.1. The fourth-order valence-electron chi connectivity index (χ4n) is 8.77. The second-order valence-corrected chi connectivity index (χ2v) is 15.4. The number of anilines is 3. The summed E-state index contributed by atoms with van der Waals surface area (Å²) in [5, 5.41) is 8.59. The Morgan fingerprint density at radius 2 is 0.814 bits per heavy atom. The summed E-state index contributed by atoms with van der Waals surface area (Å²) in [6.07, 6.45) is 0. The van der Waals surface area contributed by atoms with Crippen LogP contribution in [0.4, 0.5) is 17.1 Å². The van der Waals surface area contributed by atoms with Gasteiger partial charge in [0.15, 0.2) is 0 Å². The summed E-state index contributed by atoms with van der Waals surface area (Å²) in [6.45, 7) is 2.14. The van der Waals surface area contributed by atoms with Gasteiger partial charge in [-0.25, -0.2) is 0 Å². The average Bonchev–Trinajstić information content (AvgIpc) is 3.65. The van der Waals surface area contributed by atoms with Gasteiger partial charge in [0.25, 0.3) is 0 Å². The van der Waals surface area contributed by atoms with E-state index in [0.717, 1.165) is 44.9 Å². The summed E-state index contributed by atoms with van der Waals surface area (Å²) < 4.78 is 6.31. The summed E-state index contributed by atoms with van der Waals surface area (Å²) in [7, 11) is 0. The molecule has 59 heavy (non-hydrogen) atoms. The highest BCUT2D eigenvalue weighted by molar-refractivity contribution is 6.14. The highest BCUT2D eigenvalue weighted by atomic mass is 16.3. The number of hydrogen-bond acceptors (Lipinski definition) is 2. The van der Waals surface area contributed by atoms with E-state index < -0.39 is 0 Å². The third-order valence-electron chi connectivity index (χ3n) is 11.8. The molecule has 1 aromatic heterocycles. The lowest BCUT2D eigenvalue weighted by molar-refractivity contribution is 0.629. The average molecular weight is 754 g/mol. The van der Waals surface area contributed by atoms with Gasteiger partial charge in [0, 0.05) is 33.3 Å². The van der Waals surface area contributed by atoms with Gasteiger partial charge < -0.3 is 9.32 Å². The van der Waals surface area contributed by atoms with Crippen LogP contribution in [0, 0.1) is 6.92 Å². The molecule has 0 fully saturated rings. The summed E-state index contributed by atoms with van der Waals surface area (Å²) in [5.74, 6) is 0.927. The standard InChI is InChI=1S/C57H39NO/c1-38-51-16-8-9-20-56(51)59-57(38)48-15-10-14-45(36-48)42-23-21-40(22-24-42)41-27-31-49(32-28-41)58(55-37-47-13-4-5-17-52(47)53-18-6-7-19-54(53)55)50-33-29-43(30-34-50)46-26-25-39-11-2-3-12-44(39)35-46/h2-37H,1H3. The van der Waals surface area contributed by atoms with Gasteiger partial charge in [-0.2, -0.15) is 0 Å². The van der Waals surface area contributed by atoms with Crippen LogP contribution in [0.2, 0.25) is 0 Å². The lowest BCUT2D eigenvalue weighted by atomic mass is 9.97. The van der Waals surface area contributed by atoms with E-state index >= 15 is 0 Å². The van der Waals surface area contributed by atoms with E-state index in [-0.39, 0.29) is 0 Å². The fourth-order valence-corrected chi connectivity index (χ4v) is 8.77. The van der Waals surface area contributed by atoms with Crippen LogP contribution in [0.5, 0.6) is 0 Å². The van der Waals surface area contributed by atoms with E-state index in [2.05, 4.69) is 218 Å². The Bertz CT molecular complexity index is 3320. The Kier molecular flexibility index (Phi) is 8.41. The Labute approximate surface area is 343 Å². The molecule has 0 aliphatic heterocycles. The molecule has 11 aromatic rings. The Morgan fingerprint density at radius 3 is 1.49 bits per heavy atom. The summed E-state index contributed by atoms with van der Waals surface area (Å²) in [6, 6.07) is 78.9.